The molecule has 0 aliphatic heterocycles. The summed E-state index contributed by atoms with van der Waals surface area (Å²) in [4.78, 5) is 9.24. The summed E-state index contributed by atoms with van der Waals surface area (Å²) in [6, 6.07) is 0. The summed E-state index contributed by atoms with van der Waals surface area (Å²) in [6.45, 7) is 1.84. The van der Waals surface area contributed by atoms with E-state index in [9.17, 15) is 0 Å². The summed E-state index contributed by atoms with van der Waals surface area (Å²) >= 11 is 11.1. The summed E-state index contributed by atoms with van der Waals surface area (Å²) < 4.78 is 0. The van der Waals surface area contributed by atoms with Crippen molar-refractivity contribution in [2.24, 2.45) is 0 Å². The van der Waals surface area contributed by atoms with Crippen LogP contribution in [-0.2, 0) is 6.42 Å². The van der Waals surface area contributed by atoms with Gasteiger partial charge in [0.05, 0.1) is 5.69 Å². The molecular weight excluding hydrogens is 192 g/mol. The molecule has 1 aromatic heterocycles. The van der Waals surface area contributed by atoms with Crippen LogP contribution >= 0.6 is 23.8 Å². The van der Waals surface area contributed by atoms with Gasteiger partial charge in [-0.3, -0.25) is 0 Å². The molecule has 0 amide bonds. The summed E-state index contributed by atoms with van der Waals surface area (Å²) in [7, 11) is 0. The zero-order valence-electron chi connectivity index (χ0n) is 6.59. The van der Waals surface area contributed by atoms with Crippen LogP contribution in [0, 0.1) is 6.92 Å². The molecular formula is C8H7ClN2S. The topological polar surface area (TPSA) is 25.8 Å². The van der Waals surface area contributed by atoms with Gasteiger partial charge in [-0.1, -0.05) is 23.8 Å². The van der Waals surface area contributed by atoms with Crippen molar-refractivity contribution in [2.45, 2.75) is 19.8 Å². The minimum absolute atomic E-state index is 0.514. The van der Waals surface area contributed by atoms with Crippen LogP contribution < -0.4 is 0 Å². The molecule has 0 atom stereocenters. The predicted octanol–water partition coefficient (Wildman–Crippen LogP) is 2.10. The van der Waals surface area contributed by atoms with Gasteiger partial charge in [-0.05, 0) is 19.8 Å². The second-order valence-corrected chi connectivity index (χ2v) is 3.66. The standard InChI is InChI=1S/C8H7ClN2S/c1-4-10-5-2-3-6(12)7(5)8(9)11-4/h2-3H2,1H3. The summed E-state index contributed by atoms with van der Waals surface area (Å²) in [5.74, 6) is 0.725. The fraction of sp³-hybridized carbons (Fsp3) is 0.375. The second-order valence-electron chi connectivity index (χ2n) is 2.81. The zero-order valence-corrected chi connectivity index (χ0v) is 8.17. The van der Waals surface area contributed by atoms with Gasteiger partial charge in [0.25, 0.3) is 0 Å². The fourth-order valence-corrected chi connectivity index (χ4v) is 2.13. The van der Waals surface area contributed by atoms with Gasteiger partial charge in [-0.15, -0.1) is 0 Å². The van der Waals surface area contributed by atoms with Gasteiger partial charge in [0, 0.05) is 10.4 Å². The van der Waals surface area contributed by atoms with Crippen molar-refractivity contribution >= 4 is 28.7 Å². The molecule has 2 rings (SSSR count). The van der Waals surface area contributed by atoms with E-state index in [0.717, 1.165) is 34.8 Å². The molecule has 12 heavy (non-hydrogen) atoms. The number of rotatable bonds is 0. The van der Waals surface area contributed by atoms with Gasteiger partial charge in [0.2, 0.25) is 0 Å². The van der Waals surface area contributed by atoms with Crippen molar-refractivity contribution in [3.05, 3.63) is 22.2 Å². The van der Waals surface area contributed by atoms with Gasteiger partial charge in [-0.2, -0.15) is 0 Å². The van der Waals surface area contributed by atoms with E-state index in [-0.39, 0.29) is 0 Å². The number of hydrogen-bond acceptors (Lipinski definition) is 3. The Morgan fingerprint density at radius 2 is 2.08 bits per heavy atom. The Bertz CT molecular complexity index is 362. The highest BCUT2D eigenvalue weighted by molar-refractivity contribution is 7.80. The minimum atomic E-state index is 0.514. The van der Waals surface area contributed by atoms with E-state index in [1.54, 1.807) is 0 Å². The Morgan fingerprint density at radius 1 is 1.33 bits per heavy atom. The highest BCUT2D eigenvalue weighted by Gasteiger charge is 2.21. The Balaban J connectivity index is 2.68. The quantitative estimate of drug-likeness (QED) is 0.472. The molecule has 0 spiro atoms. The summed E-state index contributed by atoms with van der Waals surface area (Å²) in [6.07, 6.45) is 1.81. The lowest BCUT2D eigenvalue weighted by Crippen LogP contribution is -1.99. The van der Waals surface area contributed by atoms with Crippen LogP contribution in [0.2, 0.25) is 5.15 Å². The van der Waals surface area contributed by atoms with Crippen molar-refractivity contribution < 1.29 is 0 Å². The highest BCUT2D eigenvalue weighted by atomic mass is 35.5. The SMILES string of the molecule is Cc1nc(Cl)c2c(n1)CCC2=S. The monoisotopic (exact) mass is 198 g/mol. The van der Waals surface area contributed by atoms with Crippen LogP contribution in [0.25, 0.3) is 0 Å². The lowest BCUT2D eigenvalue weighted by molar-refractivity contribution is 0.951. The molecule has 0 aromatic carbocycles. The Morgan fingerprint density at radius 3 is 2.83 bits per heavy atom. The maximum Gasteiger partial charge on any atom is 0.141 e. The van der Waals surface area contributed by atoms with Gasteiger partial charge >= 0.3 is 0 Å². The average Bonchev–Trinajstić information content (AvgIpc) is 2.31. The van der Waals surface area contributed by atoms with E-state index in [2.05, 4.69) is 9.97 Å². The number of hydrogen-bond donors (Lipinski definition) is 0. The third-order valence-corrected chi connectivity index (χ3v) is 2.60. The highest BCUT2D eigenvalue weighted by Crippen LogP contribution is 2.26. The molecule has 0 bridgehead atoms. The third-order valence-electron chi connectivity index (χ3n) is 1.92. The normalized spacial score (nSPS) is 15.0. The van der Waals surface area contributed by atoms with Crippen LogP contribution in [0.15, 0.2) is 0 Å². The van der Waals surface area contributed by atoms with Gasteiger partial charge in [-0.25, -0.2) is 9.97 Å². The smallest absolute Gasteiger partial charge is 0.141 e. The molecule has 2 nitrogen and oxygen atoms in total. The van der Waals surface area contributed by atoms with E-state index in [0.29, 0.717) is 5.15 Å². The summed E-state index contributed by atoms with van der Waals surface area (Å²) in [5.41, 5.74) is 1.91. The van der Waals surface area contributed by atoms with Gasteiger partial charge in [0.1, 0.15) is 11.0 Å². The molecule has 1 heterocycles. The van der Waals surface area contributed by atoms with E-state index < -0.39 is 0 Å². The molecule has 4 heteroatoms. The lowest BCUT2D eigenvalue weighted by Gasteiger charge is -2.01. The average molecular weight is 199 g/mol. The first-order chi connectivity index (χ1) is 5.68. The maximum absolute atomic E-state index is 5.93. The molecule has 0 saturated heterocycles. The van der Waals surface area contributed by atoms with Crippen molar-refractivity contribution in [3.63, 3.8) is 0 Å². The van der Waals surface area contributed by atoms with E-state index in [1.807, 2.05) is 6.92 Å². The zero-order chi connectivity index (χ0) is 8.72. The Hall–Kier alpha value is -0.540. The number of thiocarbonyl (C=S) groups is 1. The van der Waals surface area contributed by atoms with E-state index in [1.165, 1.54) is 0 Å². The molecule has 0 saturated carbocycles. The van der Waals surface area contributed by atoms with Crippen LogP contribution in [0.5, 0.6) is 0 Å². The molecule has 1 aliphatic rings. The van der Waals surface area contributed by atoms with Crippen LogP contribution in [0.3, 0.4) is 0 Å². The first-order valence-corrected chi connectivity index (χ1v) is 4.53. The van der Waals surface area contributed by atoms with Crippen LogP contribution in [0.1, 0.15) is 23.5 Å². The first-order valence-electron chi connectivity index (χ1n) is 3.74. The number of aromatic nitrogens is 2. The van der Waals surface area contributed by atoms with Crippen molar-refractivity contribution in [3.8, 4) is 0 Å². The molecule has 0 unspecified atom stereocenters. The third kappa shape index (κ3) is 1.13. The summed E-state index contributed by atoms with van der Waals surface area (Å²) in [5, 5.41) is 0.514. The molecule has 0 N–H and O–H groups in total. The van der Waals surface area contributed by atoms with E-state index >= 15 is 0 Å². The van der Waals surface area contributed by atoms with Gasteiger partial charge in [0.15, 0.2) is 0 Å². The van der Waals surface area contributed by atoms with E-state index in [4.69, 9.17) is 23.8 Å². The molecule has 1 aliphatic carbocycles. The molecule has 1 aromatic rings. The van der Waals surface area contributed by atoms with Crippen molar-refractivity contribution in [1.29, 1.82) is 0 Å². The largest absolute Gasteiger partial charge is 0.237 e. The minimum Gasteiger partial charge on any atom is -0.237 e. The molecule has 0 radical (unpaired) electrons. The Labute approximate surface area is 81.0 Å². The number of halogens is 1. The number of nitrogens with zero attached hydrogens (tertiary/aromatic N) is 2. The number of aryl methyl sites for hydroxylation is 2. The lowest BCUT2D eigenvalue weighted by atomic mass is 10.3. The predicted molar refractivity (Wildman–Crippen MR) is 51.8 cm³/mol. The molecule has 0 fully saturated rings. The first kappa shape index (κ1) is 8.08. The number of fused-ring (bicyclic) bond motifs is 1. The van der Waals surface area contributed by atoms with Crippen LogP contribution in [-0.4, -0.2) is 14.8 Å². The van der Waals surface area contributed by atoms with Crippen molar-refractivity contribution in [2.75, 3.05) is 0 Å². The van der Waals surface area contributed by atoms with Gasteiger partial charge < -0.3 is 0 Å². The maximum atomic E-state index is 5.93. The van der Waals surface area contributed by atoms with Crippen molar-refractivity contribution in [1.82, 2.24) is 9.97 Å². The Kier molecular flexibility index (Phi) is 1.85. The fourth-order valence-electron chi connectivity index (χ4n) is 1.41. The molecule has 62 valence electrons. The van der Waals surface area contributed by atoms with Crippen LogP contribution in [0.4, 0.5) is 0 Å². The second kappa shape index (κ2) is 2.75.